The Kier molecular flexibility index (Phi) is 4.24. The van der Waals surface area contributed by atoms with Crippen LogP contribution >= 0.6 is 11.6 Å². The maximum absolute atomic E-state index is 11.9. The van der Waals surface area contributed by atoms with Gasteiger partial charge in [-0.15, -0.1) is 17.7 Å². The second-order valence-corrected chi connectivity index (χ2v) is 8.76. The van der Waals surface area contributed by atoms with Crippen molar-refractivity contribution in [3.8, 4) is 0 Å². The van der Waals surface area contributed by atoms with E-state index in [9.17, 15) is 30.0 Å². The van der Waals surface area contributed by atoms with Crippen molar-refractivity contribution in [3.05, 3.63) is 29.5 Å². The molecule has 0 aliphatic carbocycles. The van der Waals surface area contributed by atoms with Gasteiger partial charge in [0.05, 0.1) is 0 Å². The first kappa shape index (κ1) is 17.6. The van der Waals surface area contributed by atoms with E-state index in [0.29, 0.717) is 0 Å². The van der Waals surface area contributed by atoms with Crippen LogP contribution < -0.4 is 4.57 Å². The zero-order chi connectivity index (χ0) is 14.9. The molecule has 0 amide bonds. The molecule has 0 bridgehead atoms. The van der Waals surface area contributed by atoms with Crippen molar-refractivity contribution in [1.29, 1.82) is 0 Å². The topological polar surface area (TPSA) is 3.88 Å². The molecule has 12 heteroatoms. The summed E-state index contributed by atoms with van der Waals surface area (Å²) in [4.78, 5) is 0. The van der Waals surface area contributed by atoms with Crippen LogP contribution in [0.4, 0.5) is 30.0 Å². The van der Waals surface area contributed by atoms with Gasteiger partial charge in [0.2, 0.25) is 0 Å². The second-order valence-electron chi connectivity index (χ2n) is 2.86. The van der Waals surface area contributed by atoms with Gasteiger partial charge in [-0.05, 0) is 6.07 Å². The molecule has 0 N–H and O–H groups in total. The predicted molar refractivity (Wildman–Crippen MR) is 45.3 cm³/mol. The van der Waals surface area contributed by atoms with Crippen molar-refractivity contribution >= 4 is 31.1 Å². The summed E-state index contributed by atoms with van der Waals surface area (Å²) in [6.07, 6.45) is -2.68. The molecule has 1 heterocycles. The molecule has 0 fully saturated rings. The average Bonchev–Trinajstić information content (AvgIpc) is 1.96. The summed E-state index contributed by atoms with van der Waals surface area (Å²) in [5, 5.41) is 0.0600. The van der Waals surface area contributed by atoms with E-state index in [1.165, 1.54) is 12.1 Å². The molecule has 1 nitrogen and oxygen atoms in total. The fourth-order valence-corrected chi connectivity index (χ4v) is 0.782. The van der Waals surface area contributed by atoms with Gasteiger partial charge in [0.25, 0.3) is 0 Å². The monoisotopic (exact) mass is 417 g/mol. The Hall–Kier alpha value is -0.372. The van der Waals surface area contributed by atoms with Gasteiger partial charge >= 0.3 is 42.7 Å². The van der Waals surface area contributed by atoms with Gasteiger partial charge in [-0.2, -0.15) is 0 Å². The summed E-state index contributed by atoms with van der Waals surface area (Å²) in [5.41, 5.74) is 0. The van der Waals surface area contributed by atoms with Crippen molar-refractivity contribution < 1.29 is 34.6 Å². The molecule has 1 aromatic rings. The van der Waals surface area contributed by atoms with E-state index in [4.69, 9.17) is 11.6 Å². The normalized spacial score (nSPS) is 16.1. The molecule has 0 radical (unpaired) electrons. The Morgan fingerprint density at radius 3 is 1.61 bits per heavy atom. The predicted octanol–water partition coefficient (Wildman–Crippen LogP) is 4.24. The van der Waals surface area contributed by atoms with Gasteiger partial charge in [-0.3, -0.25) is 0 Å². The van der Waals surface area contributed by atoms with Crippen molar-refractivity contribution in [2.75, 3.05) is 0 Å². The first-order valence-electron chi connectivity index (χ1n) is 3.75. The summed E-state index contributed by atoms with van der Waals surface area (Å²) in [6.45, 7) is 0. The molecule has 0 unspecified atom stereocenters. The second kappa shape index (κ2) is 4.33. The van der Waals surface area contributed by atoms with E-state index in [-0.39, 0.29) is 9.59 Å². The quantitative estimate of drug-likeness (QED) is 0.337. The van der Waals surface area contributed by atoms with Gasteiger partial charge in [0.1, 0.15) is 5.02 Å². The van der Waals surface area contributed by atoms with Crippen molar-refractivity contribution in [2.45, 2.75) is 6.30 Å². The molecule has 0 aromatic carbocycles. The molecule has 0 aliphatic heterocycles. The average molecular weight is 418 g/mol. The van der Waals surface area contributed by atoms with E-state index >= 15 is 0 Å². The molecule has 0 saturated heterocycles. The molecule has 1 rings (SSSR count). The van der Waals surface area contributed by atoms with Crippen LogP contribution in [0.3, 0.4) is 0 Å². The summed E-state index contributed by atoms with van der Waals surface area (Å²) in [6, 6.07) is 2.61. The molecule has 18 heavy (non-hydrogen) atoms. The third kappa shape index (κ3) is 13.7. The summed E-state index contributed by atoms with van der Waals surface area (Å²) >= 11 is -5.92. The minimum atomic E-state index is -11.2. The minimum absolute atomic E-state index is 0.0600. The number of hydrogen-bond donors (Lipinski definition) is 0. The molecule has 108 valence electrons. The number of rotatable bonds is 0. The molecular formula is C6H4ClF9NSb. The van der Waals surface area contributed by atoms with Crippen molar-refractivity contribution in [2.24, 2.45) is 0 Å². The first-order valence-corrected chi connectivity index (χ1v) is 9.92. The summed E-state index contributed by atoms with van der Waals surface area (Å²) in [7, 11) is 0. The van der Waals surface area contributed by atoms with Crippen LogP contribution in [-0.2, 0) is 6.30 Å². The number of aromatic nitrogens is 1. The number of alkyl halides is 3. The van der Waals surface area contributed by atoms with Crippen LogP contribution in [0.2, 0.25) is 5.02 Å². The van der Waals surface area contributed by atoms with E-state index in [1.807, 2.05) is 0 Å². The van der Waals surface area contributed by atoms with Gasteiger partial charge in [0, 0.05) is 6.07 Å². The molecular weight excluding hydrogens is 414 g/mol. The van der Waals surface area contributed by atoms with Crippen LogP contribution in [-0.4, -0.2) is 19.5 Å². The van der Waals surface area contributed by atoms with Crippen LogP contribution in [0.25, 0.3) is 0 Å². The van der Waals surface area contributed by atoms with Gasteiger partial charge < -0.3 is 0 Å². The van der Waals surface area contributed by atoms with E-state index < -0.39 is 25.8 Å². The first-order chi connectivity index (χ1) is 7.45. The van der Waals surface area contributed by atoms with Gasteiger partial charge in [-0.25, -0.2) is 0 Å². The Morgan fingerprint density at radius 1 is 1.00 bits per heavy atom. The number of nitrogens with zero attached hydrogens (tertiary/aromatic N) is 1. The number of hydrogen-bond acceptors (Lipinski definition) is 0. The van der Waals surface area contributed by atoms with Crippen LogP contribution in [0.1, 0.15) is 0 Å². The summed E-state index contributed by atoms with van der Waals surface area (Å²) < 4.78 is 95.3. The molecule has 0 aliphatic rings. The fraction of sp³-hybridized carbons (Fsp3) is 0.167. The maximum atomic E-state index is 11.9. The van der Waals surface area contributed by atoms with E-state index in [1.54, 1.807) is 0 Å². The van der Waals surface area contributed by atoms with Crippen LogP contribution in [0, 0.1) is 0 Å². The molecule has 1 aromatic heterocycles. The fourth-order valence-electron chi connectivity index (χ4n) is 0.604. The van der Waals surface area contributed by atoms with Gasteiger partial charge in [-0.1, -0.05) is 11.6 Å². The van der Waals surface area contributed by atoms with Crippen LogP contribution in [0.15, 0.2) is 24.5 Å². The zero-order valence-corrected chi connectivity index (χ0v) is 11.3. The van der Waals surface area contributed by atoms with E-state index in [2.05, 4.69) is 0 Å². The Labute approximate surface area is 102 Å². The molecule has 0 saturated carbocycles. The Bertz CT molecular complexity index is 410. The third-order valence-electron chi connectivity index (χ3n) is 1.06. The number of halogens is 10. The Balaban J connectivity index is 0.000000360. The van der Waals surface area contributed by atoms with Crippen molar-refractivity contribution in [3.63, 3.8) is 0 Å². The number of pyridine rings is 1. The van der Waals surface area contributed by atoms with Crippen molar-refractivity contribution in [1.82, 2.24) is 0 Å². The van der Waals surface area contributed by atoms with Gasteiger partial charge in [0.15, 0.2) is 12.4 Å². The van der Waals surface area contributed by atoms with E-state index in [0.717, 1.165) is 12.4 Å². The molecule has 0 spiro atoms. The standard InChI is InChI=1S/C6H4ClF3N.6FH.Sb/c7-5-2-1-3-11(4-5)6(8,9)10;;;;;;;/h1-4H;6*1H;/q+1;;;;;;;+5/p-6. The summed E-state index contributed by atoms with van der Waals surface area (Å²) in [5.74, 6) is 0. The SMILES string of the molecule is FC(F)(F)[n+]1cccc(Cl)c1.[F][Sb-]([F])([F])([F])([F])[F]. The molecule has 0 atom stereocenters. The zero-order valence-electron chi connectivity index (χ0n) is 7.98. The third-order valence-corrected chi connectivity index (χ3v) is 1.28. The van der Waals surface area contributed by atoms with Crippen LogP contribution in [0.5, 0.6) is 0 Å². The Morgan fingerprint density at radius 2 is 1.39 bits per heavy atom.